The Balaban J connectivity index is 1.50. The topological polar surface area (TPSA) is 129 Å². The van der Waals surface area contributed by atoms with Crippen LogP contribution in [0.1, 0.15) is 33.9 Å². The van der Waals surface area contributed by atoms with Gasteiger partial charge in [0, 0.05) is 17.8 Å². The van der Waals surface area contributed by atoms with E-state index in [1.807, 2.05) is 13.8 Å². The van der Waals surface area contributed by atoms with Gasteiger partial charge in [0.2, 0.25) is 0 Å². The lowest BCUT2D eigenvalue weighted by Crippen LogP contribution is -2.34. The zero-order valence-corrected chi connectivity index (χ0v) is 14.8. The predicted molar refractivity (Wildman–Crippen MR) is 90.7 cm³/mol. The van der Waals surface area contributed by atoms with Crippen LogP contribution in [-0.4, -0.2) is 44.0 Å². The Morgan fingerprint density at radius 1 is 1.30 bits per heavy atom. The first-order valence-corrected chi connectivity index (χ1v) is 8.15. The number of carbonyl (C=O) groups excluding carboxylic acids is 3. The second kappa shape index (κ2) is 7.77. The molecule has 0 unspecified atom stereocenters. The fourth-order valence-electron chi connectivity index (χ4n) is 2.59. The lowest BCUT2D eigenvalue weighted by atomic mass is 10.1. The molecule has 140 valence electrons. The van der Waals surface area contributed by atoms with Crippen molar-refractivity contribution in [2.24, 2.45) is 0 Å². The van der Waals surface area contributed by atoms with Gasteiger partial charge in [0.25, 0.3) is 17.6 Å². The van der Waals surface area contributed by atoms with Crippen LogP contribution in [0.2, 0.25) is 0 Å². The highest BCUT2D eigenvalue weighted by Crippen LogP contribution is 2.15. The molecule has 3 rings (SSSR count). The van der Waals surface area contributed by atoms with Crippen molar-refractivity contribution in [3.8, 4) is 0 Å². The summed E-state index contributed by atoms with van der Waals surface area (Å²) in [5, 5.41) is 6.16. The van der Waals surface area contributed by atoms with E-state index in [9.17, 15) is 14.4 Å². The van der Waals surface area contributed by atoms with Gasteiger partial charge in [-0.05, 0) is 38.0 Å². The molecular formula is C17H17N5O5. The molecule has 0 aromatic carbocycles. The molecule has 0 aliphatic carbocycles. The Labute approximate surface area is 153 Å². The van der Waals surface area contributed by atoms with Gasteiger partial charge in [-0.25, -0.2) is 9.50 Å². The number of carbonyl (C=O) groups is 3. The summed E-state index contributed by atoms with van der Waals surface area (Å²) >= 11 is 0. The lowest BCUT2D eigenvalue weighted by molar-refractivity contribution is -0.148. The van der Waals surface area contributed by atoms with Crippen molar-refractivity contribution in [3.05, 3.63) is 47.4 Å². The first-order valence-electron chi connectivity index (χ1n) is 8.15. The number of imide groups is 1. The number of ether oxygens (including phenoxy) is 1. The van der Waals surface area contributed by atoms with Gasteiger partial charge in [0.15, 0.2) is 12.4 Å². The highest BCUT2D eigenvalue weighted by atomic mass is 16.5. The van der Waals surface area contributed by atoms with Crippen molar-refractivity contribution in [2.45, 2.75) is 26.7 Å². The Hall–Kier alpha value is -3.56. The molecular weight excluding hydrogens is 354 g/mol. The predicted octanol–water partition coefficient (Wildman–Crippen LogP) is 0.767. The third-order valence-corrected chi connectivity index (χ3v) is 3.93. The molecule has 0 saturated carbocycles. The maximum Gasteiger partial charge on any atom is 0.306 e. The molecule has 0 radical (unpaired) electrons. The van der Waals surface area contributed by atoms with Gasteiger partial charge >= 0.3 is 5.97 Å². The van der Waals surface area contributed by atoms with E-state index in [0.29, 0.717) is 12.2 Å². The van der Waals surface area contributed by atoms with E-state index in [1.54, 1.807) is 4.52 Å². The molecule has 3 heterocycles. The summed E-state index contributed by atoms with van der Waals surface area (Å²) in [6.07, 6.45) is 3.17. The van der Waals surface area contributed by atoms with Crippen LogP contribution in [0.25, 0.3) is 5.78 Å². The molecule has 10 nitrogen and oxygen atoms in total. The monoisotopic (exact) mass is 371 g/mol. The molecule has 0 atom stereocenters. The number of rotatable bonds is 6. The van der Waals surface area contributed by atoms with Crippen LogP contribution in [0.15, 0.2) is 29.1 Å². The summed E-state index contributed by atoms with van der Waals surface area (Å²) in [6, 6.07) is 2.94. The summed E-state index contributed by atoms with van der Waals surface area (Å²) in [7, 11) is 0. The molecule has 1 N–H and O–H groups in total. The number of hydrogen-bond donors (Lipinski definition) is 1. The molecule has 0 aliphatic rings. The van der Waals surface area contributed by atoms with Gasteiger partial charge in [-0.1, -0.05) is 0 Å². The van der Waals surface area contributed by atoms with E-state index in [4.69, 9.17) is 9.15 Å². The SMILES string of the molecule is Cc1nc2ncnn2c(C)c1CCC(=O)OCC(=O)NC(=O)c1ccco1. The molecule has 3 aromatic heterocycles. The van der Waals surface area contributed by atoms with Gasteiger partial charge in [0.1, 0.15) is 6.33 Å². The molecule has 3 aromatic rings. The van der Waals surface area contributed by atoms with E-state index >= 15 is 0 Å². The normalized spacial score (nSPS) is 10.7. The number of aromatic nitrogens is 4. The number of nitrogens with zero attached hydrogens (tertiary/aromatic N) is 4. The number of aryl methyl sites for hydroxylation is 2. The third kappa shape index (κ3) is 4.17. The summed E-state index contributed by atoms with van der Waals surface area (Å²) in [5.74, 6) is -1.50. The van der Waals surface area contributed by atoms with E-state index in [2.05, 4.69) is 20.4 Å². The quantitative estimate of drug-likeness (QED) is 0.629. The zero-order valence-electron chi connectivity index (χ0n) is 14.8. The summed E-state index contributed by atoms with van der Waals surface area (Å²) in [6.45, 7) is 3.14. The van der Waals surface area contributed by atoms with Gasteiger partial charge in [-0.15, -0.1) is 0 Å². The minimum Gasteiger partial charge on any atom is -0.459 e. The van der Waals surface area contributed by atoms with Gasteiger partial charge in [-0.3, -0.25) is 19.7 Å². The molecule has 0 spiro atoms. The van der Waals surface area contributed by atoms with Gasteiger partial charge in [0.05, 0.1) is 6.26 Å². The van der Waals surface area contributed by atoms with E-state index in [1.165, 1.54) is 24.7 Å². The van der Waals surface area contributed by atoms with Crippen LogP contribution in [-0.2, 0) is 20.7 Å². The third-order valence-electron chi connectivity index (χ3n) is 3.93. The van der Waals surface area contributed by atoms with Crippen LogP contribution >= 0.6 is 0 Å². The summed E-state index contributed by atoms with van der Waals surface area (Å²) < 4.78 is 11.4. The zero-order chi connectivity index (χ0) is 19.4. The van der Waals surface area contributed by atoms with Crippen LogP contribution in [0.4, 0.5) is 0 Å². The Morgan fingerprint density at radius 3 is 2.85 bits per heavy atom. The standard InChI is InChI=1S/C17H17N5O5/c1-10-12(11(2)22-17(20-10)18-9-19-22)5-6-15(24)27-8-14(23)21-16(25)13-4-3-7-26-13/h3-4,7,9H,5-6,8H2,1-2H3,(H,21,23,25). The molecule has 27 heavy (non-hydrogen) atoms. The Kier molecular flexibility index (Phi) is 5.25. The van der Waals surface area contributed by atoms with Crippen molar-refractivity contribution in [3.63, 3.8) is 0 Å². The number of furan rings is 1. The van der Waals surface area contributed by atoms with Crippen molar-refractivity contribution in [2.75, 3.05) is 6.61 Å². The number of amides is 2. The second-order valence-electron chi connectivity index (χ2n) is 5.75. The molecule has 0 fully saturated rings. The fourth-order valence-corrected chi connectivity index (χ4v) is 2.59. The van der Waals surface area contributed by atoms with Crippen molar-refractivity contribution in [1.29, 1.82) is 0 Å². The van der Waals surface area contributed by atoms with E-state index < -0.39 is 24.4 Å². The minimum absolute atomic E-state index is 0.00312. The molecule has 10 heteroatoms. The highest BCUT2D eigenvalue weighted by Gasteiger charge is 2.16. The second-order valence-corrected chi connectivity index (χ2v) is 5.75. The van der Waals surface area contributed by atoms with Crippen molar-refractivity contribution >= 4 is 23.6 Å². The first kappa shape index (κ1) is 18.2. The van der Waals surface area contributed by atoms with E-state index in [0.717, 1.165) is 17.0 Å². The minimum atomic E-state index is -0.734. The number of esters is 1. The van der Waals surface area contributed by atoms with Crippen LogP contribution in [0.3, 0.4) is 0 Å². The average molecular weight is 371 g/mol. The van der Waals surface area contributed by atoms with E-state index in [-0.39, 0.29) is 12.2 Å². The summed E-state index contributed by atoms with van der Waals surface area (Å²) in [4.78, 5) is 43.6. The summed E-state index contributed by atoms with van der Waals surface area (Å²) in [5.41, 5.74) is 2.45. The maximum atomic E-state index is 11.9. The van der Waals surface area contributed by atoms with Crippen LogP contribution in [0, 0.1) is 13.8 Å². The lowest BCUT2D eigenvalue weighted by Gasteiger charge is -2.10. The Bertz CT molecular complexity index is 993. The van der Waals surface area contributed by atoms with Crippen LogP contribution < -0.4 is 5.32 Å². The van der Waals surface area contributed by atoms with Gasteiger partial charge in [-0.2, -0.15) is 10.1 Å². The Morgan fingerprint density at radius 2 is 2.11 bits per heavy atom. The molecule has 2 amide bonds. The first-order chi connectivity index (χ1) is 13.0. The fraction of sp³-hybridized carbons (Fsp3) is 0.294. The smallest absolute Gasteiger partial charge is 0.306 e. The molecule has 0 bridgehead atoms. The van der Waals surface area contributed by atoms with Crippen LogP contribution in [0.5, 0.6) is 0 Å². The molecule has 0 aliphatic heterocycles. The number of nitrogens with one attached hydrogen (secondary N) is 1. The largest absolute Gasteiger partial charge is 0.459 e. The van der Waals surface area contributed by atoms with Gasteiger partial charge < -0.3 is 9.15 Å². The highest BCUT2D eigenvalue weighted by molar-refractivity contribution is 6.03. The number of fused-ring (bicyclic) bond motifs is 1. The maximum absolute atomic E-state index is 11.9. The average Bonchev–Trinajstić information content (AvgIpc) is 3.31. The van der Waals surface area contributed by atoms with Crippen molar-refractivity contribution < 1.29 is 23.5 Å². The van der Waals surface area contributed by atoms with Crippen molar-refractivity contribution in [1.82, 2.24) is 24.9 Å². The molecule has 0 saturated heterocycles. The number of hydrogen-bond acceptors (Lipinski definition) is 8.